The second-order valence-electron chi connectivity index (χ2n) is 5.90. The standard InChI is InChI=1S/C17H17ClN2O6S/c18-15-3-1-2-13(9-15)8-14(17(21)22)10-19-27(25,26)11-12-4-6-16(7-5-12)20(23)24/h1-7,9,14,19H,8,10-11H2,(H,21,22). The fourth-order valence-electron chi connectivity index (χ4n) is 2.41. The number of nitro groups is 1. The highest BCUT2D eigenvalue weighted by Gasteiger charge is 2.21. The van der Waals surface area contributed by atoms with Crippen LogP contribution in [0.15, 0.2) is 48.5 Å². The molecule has 2 N–H and O–H groups in total. The molecule has 10 heteroatoms. The minimum Gasteiger partial charge on any atom is -0.481 e. The third-order valence-electron chi connectivity index (χ3n) is 3.77. The van der Waals surface area contributed by atoms with Crippen molar-refractivity contribution in [1.29, 1.82) is 0 Å². The molecule has 0 heterocycles. The first-order chi connectivity index (χ1) is 12.7. The topological polar surface area (TPSA) is 127 Å². The lowest BCUT2D eigenvalue weighted by Crippen LogP contribution is -2.34. The van der Waals surface area contributed by atoms with Gasteiger partial charge in [0.2, 0.25) is 10.0 Å². The molecule has 0 amide bonds. The number of benzene rings is 2. The Morgan fingerprint density at radius 1 is 1.19 bits per heavy atom. The van der Waals surface area contributed by atoms with Gasteiger partial charge in [-0.25, -0.2) is 13.1 Å². The normalized spacial score (nSPS) is 12.5. The van der Waals surface area contributed by atoms with Crippen LogP contribution in [0.2, 0.25) is 5.02 Å². The van der Waals surface area contributed by atoms with Crippen LogP contribution < -0.4 is 4.72 Å². The summed E-state index contributed by atoms with van der Waals surface area (Å²) in [5.74, 6) is -2.50. The number of sulfonamides is 1. The Balaban J connectivity index is 2.00. The first-order valence-corrected chi connectivity index (χ1v) is 9.87. The Morgan fingerprint density at radius 2 is 1.85 bits per heavy atom. The van der Waals surface area contributed by atoms with Crippen LogP contribution in [0.5, 0.6) is 0 Å². The van der Waals surface area contributed by atoms with E-state index < -0.39 is 32.6 Å². The number of carbonyl (C=O) groups is 1. The molecule has 0 saturated heterocycles. The molecule has 2 aromatic rings. The number of nitrogens with zero attached hydrogens (tertiary/aromatic N) is 1. The molecule has 0 aliphatic rings. The maximum atomic E-state index is 12.2. The van der Waals surface area contributed by atoms with Crippen molar-refractivity contribution in [2.24, 2.45) is 5.92 Å². The van der Waals surface area contributed by atoms with Gasteiger partial charge in [-0.05, 0) is 29.7 Å². The fraction of sp³-hybridized carbons (Fsp3) is 0.235. The summed E-state index contributed by atoms with van der Waals surface area (Å²) in [4.78, 5) is 21.5. The molecule has 27 heavy (non-hydrogen) atoms. The van der Waals surface area contributed by atoms with Gasteiger partial charge in [0.1, 0.15) is 0 Å². The van der Waals surface area contributed by atoms with E-state index in [1.165, 1.54) is 24.3 Å². The van der Waals surface area contributed by atoms with Crippen LogP contribution in [0.4, 0.5) is 5.69 Å². The van der Waals surface area contributed by atoms with Crippen molar-refractivity contribution in [2.45, 2.75) is 12.2 Å². The number of carboxylic acids is 1. The van der Waals surface area contributed by atoms with Crippen molar-refractivity contribution in [3.63, 3.8) is 0 Å². The van der Waals surface area contributed by atoms with Gasteiger partial charge in [-0.15, -0.1) is 0 Å². The number of halogens is 1. The summed E-state index contributed by atoms with van der Waals surface area (Å²) < 4.78 is 26.7. The van der Waals surface area contributed by atoms with E-state index in [-0.39, 0.29) is 18.7 Å². The lowest BCUT2D eigenvalue weighted by Gasteiger charge is -2.14. The highest BCUT2D eigenvalue weighted by Crippen LogP contribution is 2.16. The van der Waals surface area contributed by atoms with Gasteiger partial charge in [-0.2, -0.15) is 0 Å². The van der Waals surface area contributed by atoms with Gasteiger partial charge in [-0.3, -0.25) is 14.9 Å². The average molecular weight is 413 g/mol. The van der Waals surface area contributed by atoms with Gasteiger partial charge < -0.3 is 5.11 Å². The minimum absolute atomic E-state index is 0.121. The molecule has 0 radical (unpaired) electrons. The van der Waals surface area contributed by atoms with E-state index in [0.717, 1.165) is 0 Å². The Morgan fingerprint density at radius 3 is 2.41 bits per heavy atom. The van der Waals surface area contributed by atoms with Crippen LogP contribution in [-0.2, 0) is 27.0 Å². The number of nitro benzene ring substituents is 1. The zero-order valence-electron chi connectivity index (χ0n) is 14.0. The second kappa shape index (κ2) is 8.94. The van der Waals surface area contributed by atoms with E-state index in [9.17, 15) is 28.4 Å². The number of rotatable bonds is 9. The highest BCUT2D eigenvalue weighted by atomic mass is 35.5. The SMILES string of the molecule is O=C(O)C(CNS(=O)(=O)Cc1ccc([N+](=O)[O-])cc1)Cc1cccc(Cl)c1. The summed E-state index contributed by atoms with van der Waals surface area (Å²) in [6, 6.07) is 11.8. The molecule has 0 aromatic heterocycles. The third kappa shape index (κ3) is 6.63. The van der Waals surface area contributed by atoms with E-state index in [1.807, 2.05) is 0 Å². The molecule has 2 rings (SSSR count). The number of non-ortho nitro benzene ring substituents is 1. The molecular formula is C17H17ClN2O6S. The van der Waals surface area contributed by atoms with Crippen molar-refractivity contribution < 1.29 is 23.2 Å². The molecule has 1 atom stereocenters. The first kappa shape index (κ1) is 20.8. The zero-order chi connectivity index (χ0) is 20.0. The Bertz CT molecular complexity index is 931. The van der Waals surface area contributed by atoms with Crippen molar-refractivity contribution in [3.05, 3.63) is 74.8 Å². The van der Waals surface area contributed by atoms with E-state index >= 15 is 0 Å². The molecule has 0 fully saturated rings. The van der Waals surface area contributed by atoms with Crippen LogP contribution in [0.3, 0.4) is 0 Å². The van der Waals surface area contributed by atoms with Gasteiger partial charge in [-0.1, -0.05) is 35.9 Å². The number of carboxylic acid groups (broad SMARTS) is 1. The third-order valence-corrected chi connectivity index (χ3v) is 5.33. The maximum Gasteiger partial charge on any atom is 0.308 e. The molecule has 0 aliphatic carbocycles. The molecule has 1 unspecified atom stereocenters. The van der Waals surface area contributed by atoms with Crippen LogP contribution in [-0.4, -0.2) is 31.0 Å². The summed E-state index contributed by atoms with van der Waals surface area (Å²) in [6.45, 7) is -0.281. The molecule has 0 spiro atoms. The van der Waals surface area contributed by atoms with E-state index in [0.29, 0.717) is 16.1 Å². The van der Waals surface area contributed by atoms with Crippen LogP contribution in [0, 0.1) is 16.0 Å². The van der Waals surface area contributed by atoms with Crippen molar-refractivity contribution >= 4 is 33.3 Å². The smallest absolute Gasteiger partial charge is 0.308 e. The van der Waals surface area contributed by atoms with Crippen molar-refractivity contribution in [2.75, 3.05) is 6.54 Å². The molecule has 0 bridgehead atoms. The summed E-state index contributed by atoms with van der Waals surface area (Å²) in [5.41, 5.74) is 0.899. The maximum absolute atomic E-state index is 12.2. The van der Waals surface area contributed by atoms with Crippen LogP contribution in [0.1, 0.15) is 11.1 Å². The predicted octanol–water partition coefficient (Wildman–Crippen LogP) is 2.61. The molecule has 8 nitrogen and oxygen atoms in total. The number of hydrogen-bond donors (Lipinski definition) is 2. The highest BCUT2D eigenvalue weighted by molar-refractivity contribution is 7.88. The van der Waals surface area contributed by atoms with Crippen LogP contribution >= 0.6 is 11.6 Å². The Hall–Kier alpha value is -2.49. The van der Waals surface area contributed by atoms with E-state index in [2.05, 4.69) is 4.72 Å². The monoisotopic (exact) mass is 412 g/mol. The lowest BCUT2D eigenvalue weighted by atomic mass is 10.00. The summed E-state index contributed by atoms with van der Waals surface area (Å²) in [7, 11) is -3.81. The minimum atomic E-state index is -3.81. The zero-order valence-corrected chi connectivity index (χ0v) is 15.6. The summed E-state index contributed by atoms with van der Waals surface area (Å²) in [5, 5.41) is 20.4. The summed E-state index contributed by atoms with van der Waals surface area (Å²) in [6.07, 6.45) is 0.121. The summed E-state index contributed by atoms with van der Waals surface area (Å²) >= 11 is 5.88. The average Bonchev–Trinajstić information content (AvgIpc) is 2.58. The van der Waals surface area contributed by atoms with Gasteiger partial charge in [0.15, 0.2) is 0 Å². The molecule has 144 valence electrons. The van der Waals surface area contributed by atoms with E-state index in [1.54, 1.807) is 24.3 Å². The van der Waals surface area contributed by atoms with Gasteiger partial charge in [0.25, 0.3) is 5.69 Å². The predicted molar refractivity (Wildman–Crippen MR) is 100 cm³/mol. The largest absolute Gasteiger partial charge is 0.481 e. The number of hydrogen-bond acceptors (Lipinski definition) is 5. The fourth-order valence-corrected chi connectivity index (χ4v) is 3.81. The second-order valence-corrected chi connectivity index (χ2v) is 8.14. The van der Waals surface area contributed by atoms with Gasteiger partial charge in [0.05, 0.1) is 16.6 Å². The Kier molecular flexibility index (Phi) is 6.89. The number of nitrogens with one attached hydrogen (secondary N) is 1. The van der Waals surface area contributed by atoms with E-state index in [4.69, 9.17) is 11.6 Å². The Labute approximate surface area is 161 Å². The van der Waals surface area contributed by atoms with Crippen molar-refractivity contribution in [3.8, 4) is 0 Å². The van der Waals surface area contributed by atoms with Crippen LogP contribution in [0.25, 0.3) is 0 Å². The molecule has 0 saturated carbocycles. The lowest BCUT2D eigenvalue weighted by molar-refractivity contribution is -0.384. The number of aliphatic carboxylic acids is 1. The van der Waals surface area contributed by atoms with Gasteiger partial charge >= 0.3 is 5.97 Å². The molecule has 2 aromatic carbocycles. The van der Waals surface area contributed by atoms with Crippen molar-refractivity contribution in [1.82, 2.24) is 4.72 Å². The first-order valence-electron chi connectivity index (χ1n) is 7.84. The van der Waals surface area contributed by atoms with Gasteiger partial charge in [0, 0.05) is 23.7 Å². The molecule has 0 aliphatic heterocycles. The quantitative estimate of drug-likeness (QED) is 0.481. The molecular weight excluding hydrogens is 396 g/mol.